The lowest BCUT2D eigenvalue weighted by atomic mass is 10.2. The van der Waals surface area contributed by atoms with Gasteiger partial charge in [-0.3, -0.25) is 24.3 Å². The fourth-order valence-corrected chi connectivity index (χ4v) is 3.19. The number of fused-ring (bicyclic) bond motifs is 1. The van der Waals surface area contributed by atoms with Gasteiger partial charge in [-0.05, 0) is 37.3 Å². The highest BCUT2D eigenvalue weighted by molar-refractivity contribution is 5.90. The van der Waals surface area contributed by atoms with E-state index in [1.54, 1.807) is 30.3 Å². The van der Waals surface area contributed by atoms with E-state index in [2.05, 4.69) is 15.4 Å². The Labute approximate surface area is 181 Å². The van der Waals surface area contributed by atoms with E-state index in [-0.39, 0.29) is 29.0 Å². The number of para-hydroxylation sites is 2. The maximum absolute atomic E-state index is 12.8. The van der Waals surface area contributed by atoms with E-state index >= 15 is 0 Å². The van der Waals surface area contributed by atoms with Crippen LogP contribution in [0.3, 0.4) is 0 Å². The van der Waals surface area contributed by atoms with Gasteiger partial charge >= 0.3 is 0 Å². The highest BCUT2D eigenvalue weighted by Crippen LogP contribution is 2.24. The van der Waals surface area contributed by atoms with E-state index in [1.165, 1.54) is 35.4 Å². The fourth-order valence-electron chi connectivity index (χ4n) is 3.19. The average Bonchev–Trinajstić information content (AvgIpc) is 3.22. The van der Waals surface area contributed by atoms with Crippen molar-refractivity contribution in [1.29, 1.82) is 0 Å². The number of nitrogens with zero attached hydrogens (tertiary/aromatic N) is 5. The molecular weight excluding hydrogens is 416 g/mol. The van der Waals surface area contributed by atoms with E-state index in [1.807, 2.05) is 6.92 Å². The molecule has 4 aromatic rings. The number of hydrogen-bond donors (Lipinski definition) is 1. The smallest absolute Gasteiger partial charge is 0.294 e. The summed E-state index contributed by atoms with van der Waals surface area (Å²) in [5, 5.41) is 18.3. The van der Waals surface area contributed by atoms with Crippen molar-refractivity contribution >= 4 is 28.3 Å². The van der Waals surface area contributed by atoms with E-state index in [9.17, 15) is 19.7 Å². The molecule has 1 amide bonds. The Balaban J connectivity index is 1.58. The molecule has 0 spiro atoms. The van der Waals surface area contributed by atoms with Crippen molar-refractivity contribution in [2.75, 3.05) is 11.9 Å². The normalized spacial score (nSPS) is 10.8. The molecule has 0 unspecified atom stereocenters. The zero-order valence-corrected chi connectivity index (χ0v) is 17.0. The number of carbonyl (C=O) groups is 1. The molecule has 0 atom stereocenters. The van der Waals surface area contributed by atoms with Crippen molar-refractivity contribution in [3.63, 3.8) is 0 Å². The molecule has 0 saturated carbocycles. The van der Waals surface area contributed by atoms with Gasteiger partial charge < -0.3 is 10.1 Å². The summed E-state index contributed by atoms with van der Waals surface area (Å²) in [6.07, 6.45) is 2.50. The summed E-state index contributed by atoms with van der Waals surface area (Å²) in [4.78, 5) is 40.2. The maximum Gasteiger partial charge on any atom is 0.294 e. The largest absolute Gasteiger partial charge is 0.494 e. The Kier molecular flexibility index (Phi) is 5.62. The van der Waals surface area contributed by atoms with Crippen molar-refractivity contribution in [2.24, 2.45) is 0 Å². The fraction of sp³-hybridized carbons (Fsp3) is 0.143. The summed E-state index contributed by atoms with van der Waals surface area (Å²) < 4.78 is 7.75. The van der Waals surface area contributed by atoms with Gasteiger partial charge in [0, 0.05) is 11.8 Å². The molecule has 32 heavy (non-hydrogen) atoms. The molecule has 0 radical (unpaired) electrons. The minimum absolute atomic E-state index is 0.138. The molecule has 0 saturated heterocycles. The molecule has 0 aliphatic carbocycles. The molecule has 0 fully saturated rings. The van der Waals surface area contributed by atoms with Gasteiger partial charge in [0.2, 0.25) is 5.91 Å². The van der Waals surface area contributed by atoms with Gasteiger partial charge in [-0.2, -0.15) is 5.10 Å². The standard InChI is InChI=1S/C21H18N6O5/c1-2-32-15-9-7-14(8-10-15)24-19(28)12-25-13-22-20-16(21(25)29)11-23-26(20)17-5-3-4-6-18(17)27(30)31/h3-11,13H,2,12H2,1H3,(H,24,28). The van der Waals surface area contributed by atoms with Gasteiger partial charge in [-0.25, -0.2) is 9.67 Å². The summed E-state index contributed by atoms with van der Waals surface area (Å²) in [5.74, 6) is 0.274. The zero-order valence-electron chi connectivity index (χ0n) is 17.0. The predicted octanol–water partition coefficient (Wildman–Crippen LogP) is 2.53. The summed E-state index contributed by atoms with van der Waals surface area (Å²) in [6, 6.07) is 12.9. The van der Waals surface area contributed by atoms with Crippen molar-refractivity contribution in [3.05, 3.63) is 81.5 Å². The third kappa shape index (κ3) is 4.03. The van der Waals surface area contributed by atoms with Crippen LogP contribution in [0, 0.1) is 10.1 Å². The van der Waals surface area contributed by atoms with E-state index in [0.29, 0.717) is 18.0 Å². The van der Waals surface area contributed by atoms with Crippen LogP contribution in [0.5, 0.6) is 5.75 Å². The number of aromatic nitrogens is 4. The molecular formula is C21H18N6O5. The summed E-state index contributed by atoms with van der Waals surface area (Å²) in [7, 11) is 0. The first kappa shape index (κ1) is 20.7. The van der Waals surface area contributed by atoms with Crippen molar-refractivity contribution in [1.82, 2.24) is 19.3 Å². The first-order valence-electron chi connectivity index (χ1n) is 9.67. The number of amides is 1. The average molecular weight is 434 g/mol. The highest BCUT2D eigenvalue weighted by atomic mass is 16.6. The summed E-state index contributed by atoms with van der Waals surface area (Å²) in [6.45, 7) is 2.16. The number of nitro benzene ring substituents is 1. The van der Waals surface area contributed by atoms with Crippen LogP contribution in [0.2, 0.25) is 0 Å². The van der Waals surface area contributed by atoms with E-state index in [4.69, 9.17) is 4.74 Å². The van der Waals surface area contributed by atoms with Crippen LogP contribution in [0.4, 0.5) is 11.4 Å². The Hall–Kier alpha value is -4.54. The van der Waals surface area contributed by atoms with Crippen LogP contribution >= 0.6 is 0 Å². The number of anilines is 1. The van der Waals surface area contributed by atoms with Gasteiger partial charge in [0.25, 0.3) is 11.2 Å². The lowest BCUT2D eigenvalue weighted by molar-refractivity contribution is -0.384. The second-order valence-corrected chi connectivity index (χ2v) is 6.72. The van der Waals surface area contributed by atoms with Gasteiger partial charge in [0.1, 0.15) is 29.7 Å². The van der Waals surface area contributed by atoms with Crippen LogP contribution in [0.1, 0.15) is 6.92 Å². The second kappa shape index (κ2) is 8.68. The molecule has 0 aliphatic rings. The molecule has 11 nitrogen and oxygen atoms in total. The molecule has 2 aromatic heterocycles. The highest BCUT2D eigenvalue weighted by Gasteiger charge is 2.19. The Morgan fingerprint density at radius 3 is 2.66 bits per heavy atom. The SMILES string of the molecule is CCOc1ccc(NC(=O)Cn2cnc3c(cnn3-c3ccccc3[N+](=O)[O-])c2=O)cc1. The monoisotopic (exact) mass is 434 g/mol. The van der Waals surface area contributed by atoms with Crippen LogP contribution in [0.15, 0.2) is 65.8 Å². The lowest BCUT2D eigenvalue weighted by Crippen LogP contribution is -2.27. The maximum atomic E-state index is 12.8. The first-order chi connectivity index (χ1) is 15.5. The Morgan fingerprint density at radius 2 is 1.94 bits per heavy atom. The number of ether oxygens (including phenoxy) is 1. The molecule has 1 N–H and O–H groups in total. The predicted molar refractivity (Wildman–Crippen MR) is 116 cm³/mol. The number of benzene rings is 2. The van der Waals surface area contributed by atoms with Crippen molar-refractivity contribution < 1.29 is 14.5 Å². The number of carbonyl (C=O) groups excluding carboxylic acids is 1. The Bertz CT molecular complexity index is 1360. The van der Waals surface area contributed by atoms with Crippen LogP contribution in [0.25, 0.3) is 16.7 Å². The molecule has 11 heteroatoms. The van der Waals surface area contributed by atoms with E-state index < -0.39 is 16.4 Å². The van der Waals surface area contributed by atoms with E-state index in [0.717, 1.165) is 4.57 Å². The van der Waals surface area contributed by atoms with Crippen molar-refractivity contribution in [3.8, 4) is 11.4 Å². The quantitative estimate of drug-likeness (QED) is 0.349. The minimum atomic E-state index is -0.532. The molecule has 0 aliphatic heterocycles. The molecule has 162 valence electrons. The number of nitrogens with one attached hydrogen (secondary N) is 1. The topological polar surface area (TPSA) is 134 Å². The van der Waals surface area contributed by atoms with Crippen LogP contribution in [-0.4, -0.2) is 36.8 Å². The number of hydrogen-bond acceptors (Lipinski definition) is 7. The van der Waals surface area contributed by atoms with Gasteiger partial charge in [0.05, 0.1) is 17.7 Å². The van der Waals surface area contributed by atoms with Crippen LogP contribution < -0.4 is 15.6 Å². The van der Waals surface area contributed by atoms with Gasteiger partial charge in [-0.1, -0.05) is 12.1 Å². The molecule has 2 aromatic carbocycles. The third-order valence-corrected chi connectivity index (χ3v) is 4.62. The number of rotatable bonds is 7. The van der Waals surface area contributed by atoms with Crippen molar-refractivity contribution in [2.45, 2.75) is 13.5 Å². The van der Waals surface area contributed by atoms with Gasteiger partial charge in [-0.15, -0.1) is 0 Å². The lowest BCUT2D eigenvalue weighted by Gasteiger charge is -2.09. The van der Waals surface area contributed by atoms with Crippen LogP contribution in [-0.2, 0) is 11.3 Å². The zero-order chi connectivity index (χ0) is 22.7. The second-order valence-electron chi connectivity index (χ2n) is 6.72. The summed E-state index contributed by atoms with van der Waals surface area (Å²) >= 11 is 0. The summed E-state index contributed by atoms with van der Waals surface area (Å²) in [5.41, 5.74) is 0.252. The minimum Gasteiger partial charge on any atom is -0.494 e. The Morgan fingerprint density at radius 1 is 1.19 bits per heavy atom. The molecule has 0 bridgehead atoms. The third-order valence-electron chi connectivity index (χ3n) is 4.62. The molecule has 2 heterocycles. The number of nitro groups is 1. The molecule has 4 rings (SSSR count). The first-order valence-corrected chi connectivity index (χ1v) is 9.67. The van der Waals surface area contributed by atoms with Gasteiger partial charge in [0.15, 0.2) is 5.65 Å².